The molecule has 0 saturated carbocycles. The average Bonchev–Trinajstić information content (AvgIpc) is 2.83. The first-order valence-corrected chi connectivity index (χ1v) is 7.30. The summed E-state index contributed by atoms with van der Waals surface area (Å²) in [7, 11) is 2.03. The minimum atomic E-state index is -0.278. The summed E-state index contributed by atoms with van der Waals surface area (Å²) in [6.45, 7) is 1.58. The zero-order valence-corrected chi connectivity index (χ0v) is 12.7. The maximum atomic E-state index is 11.5. The number of nitrogens with two attached hydrogens (primary N) is 1. The summed E-state index contributed by atoms with van der Waals surface area (Å²) in [5.41, 5.74) is 3.77. The second kappa shape index (κ2) is 6.85. The molecule has 106 valence electrons. The lowest BCUT2D eigenvalue weighted by molar-refractivity contribution is 0.0953. The lowest BCUT2D eigenvalue weighted by Gasteiger charge is -2.16. The number of carbonyl (C=O) groups is 1. The molecule has 2 rings (SSSR count). The molecule has 0 saturated heterocycles. The molecule has 4 nitrogen and oxygen atoms in total. The van der Waals surface area contributed by atoms with E-state index >= 15 is 0 Å². The van der Waals surface area contributed by atoms with Gasteiger partial charge in [0.1, 0.15) is 0 Å². The van der Waals surface area contributed by atoms with Gasteiger partial charge in [-0.3, -0.25) is 15.1 Å². The largest absolute Gasteiger partial charge is 0.297 e. The summed E-state index contributed by atoms with van der Waals surface area (Å²) < 4.78 is 0.801. The van der Waals surface area contributed by atoms with Crippen molar-refractivity contribution < 1.29 is 4.79 Å². The normalized spacial score (nSPS) is 10.8. The molecule has 1 heterocycles. The number of rotatable bonds is 5. The number of hydrogen-bond acceptors (Lipinski definition) is 4. The van der Waals surface area contributed by atoms with Crippen molar-refractivity contribution in [3.63, 3.8) is 0 Å². The molecule has 1 amide bonds. The standard InChI is InChI=1S/C14H16ClN3OS/c1-18(9-12-5-6-13(15)20-12)8-10-3-2-4-11(7-10)14(19)17-16/h2-7H,8-9,16H2,1H3,(H,17,19). The van der Waals surface area contributed by atoms with E-state index in [0.717, 1.165) is 23.0 Å². The van der Waals surface area contributed by atoms with Gasteiger partial charge in [0.2, 0.25) is 0 Å². The number of nitrogens with one attached hydrogen (secondary N) is 1. The molecule has 0 aliphatic rings. The number of hydrazine groups is 1. The molecule has 1 aromatic heterocycles. The Hall–Kier alpha value is -1.40. The van der Waals surface area contributed by atoms with E-state index in [1.54, 1.807) is 17.4 Å². The van der Waals surface area contributed by atoms with E-state index in [-0.39, 0.29) is 5.91 Å². The maximum absolute atomic E-state index is 11.5. The van der Waals surface area contributed by atoms with Crippen molar-refractivity contribution >= 4 is 28.8 Å². The van der Waals surface area contributed by atoms with Crippen LogP contribution in [0.4, 0.5) is 0 Å². The lowest BCUT2D eigenvalue weighted by atomic mass is 10.1. The van der Waals surface area contributed by atoms with E-state index in [9.17, 15) is 4.79 Å². The Kier molecular flexibility index (Phi) is 5.14. The summed E-state index contributed by atoms with van der Waals surface area (Å²) >= 11 is 7.50. The van der Waals surface area contributed by atoms with Crippen LogP contribution in [0.5, 0.6) is 0 Å². The fraction of sp³-hybridized carbons (Fsp3) is 0.214. The molecule has 2 aromatic rings. The van der Waals surface area contributed by atoms with E-state index in [0.29, 0.717) is 5.56 Å². The van der Waals surface area contributed by atoms with E-state index in [1.807, 2.05) is 37.4 Å². The number of nitrogens with zero attached hydrogens (tertiary/aromatic N) is 1. The third-order valence-electron chi connectivity index (χ3n) is 2.83. The highest BCUT2D eigenvalue weighted by Crippen LogP contribution is 2.22. The number of thiophene rings is 1. The predicted octanol–water partition coefficient (Wildman–Crippen LogP) is 2.64. The van der Waals surface area contributed by atoms with E-state index in [2.05, 4.69) is 10.3 Å². The number of halogens is 1. The van der Waals surface area contributed by atoms with Crippen LogP contribution < -0.4 is 11.3 Å². The van der Waals surface area contributed by atoms with Gasteiger partial charge in [-0.2, -0.15) is 0 Å². The number of amides is 1. The molecule has 6 heteroatoms. The Morgan fingerprint density at radius 3 is 2.80 bits per heavy atom. The van der Waals surface area contributed by atoms with Crippen molar-refractivity contribution in [3.05, 3.63) is 56.7 Å². The Morgan fingerprint density at radius 1 is 1.35 bits per heavy atom. The molecule has 0 fully saturated rings. The van der Waals surface area contributed by atoms with Crippen LogP contribution in [0.2, 0.25) is 4.34 Å². The molecule has 0 bridgehead atoms. The number of benzene rings is 1. The molecule has 0 aliphatic heterocycles. The molecule has 0 unspecified atom stereocenters. The van der Waals surface area contributed by atoms with Gasteiger partial charge >= 0.3 is 0 Å². The summed E-state index contributed by atoms with van der Waals surface area (Å²) in [5, 5.41) is 0. The van der Waals surface area contributed by atoms with Crippen molar-refractivity contribution in [3.8, 4) is 0 Å². The van der Waals surface area contributed by atoms with Gasteiger partial charge in [-0.25, -0.2) is 5.84 Å². The molecular weight excluding hydrogens is 294 g/mol. The van der Waals surface area contributed by atoms with Crippen LogP contribution in [0.1, 0.15) is 20.8 Å². The molecule has 0 atom stereocenters. The van der Waals surface area contributed by atoms with Crippen LogP contribution in [0, 0.1) is 0 Å². The number of hydrogen-bond donors (Lipinski definition) is 2. The van der Waals surface area contributed by atoms with Crippen LogP contribution in [0.15, 0.2) is 36.4 Å². The predicted molar refractivity (Wildman–Crippen MR) is 82.6 cm³/mol. The molecule has 20 heavy (non-hydrogen) atoms. The highest BCUT2D eigenvalue weighted by atomic mass is 35.5. The van der Waals surface area contributed by atoms with Crippen molar-refractivity contribution in [2.24, 2.45) is 5.84 Å². The first kappa shape index (κ1) is 15.0. The Morgan fingerprint density at radius 2 is 2.15 bits per heavy atom. The highest BCUT2D eigenvalue weighted by molar-refractivity contribution is 7.16. The average molecular weight is 310 g/mol. The summed E-state index contributed by atoms with van der Waals surface area (Å²) in [6.07, 6.45) is 0. The zero-order valence-electron chi connectivity index (χ0n) is 11.1. The zero-order chi connectivity index (χ0) is 14.5. The van der Waals surface area contributed by atoms with Crippen molar-refractivity contribution in [2.45, 2.75) is 13.1 Å². The Bertz CT molecular complexity index is 600. The van der Waals surface area contributed by atoms with Gasteiger partial charge in [0.25, 0.3) is 5.91 Å². The van der Waals surface area contributed by atoms with Crippen LogP contribution >= 0.6 is 22.9 Å². The third kappa shape index (κ3) is 4.05. The first-order chi connectivity index (χ1) is 9.58. The minimum Gasteiger partial charge on any atom is -0.297 e. The monoisotopic (exact) mass is 309 g/mol. The van der Waals surface area contributed by atoms with Crippen LogP contribution in [0.3, 0.4) is 0 Å². The minimum absolute atomic E-state index is 0.278. The van der Waals surface area contributed by atoms with Gasteiger partial charge in [-0.1, -0.05) is 23.7 Å². The molecule has 0 radical (unpaired) electrons. The van der Waals surface area contributed by atoms with Crippen LogP contribution in [-0.2, 0) is 13.1 Å². The lowest BCUT2D eigenvalue weighted by Crippen LogP contribution is -2.30. The van der Waals surface area contributed by atoms with Crippen molar-refractivity contribution in [1.82, 2.24) is 10.3 Å². The van der Waals surface area contributed by atoms with Gasteiger partial charge < -0.3 is 0 Å². The number of nitrogen functional groups attached to an aromatic ring is 1. The third-order valence-corrected chi connectivity index (χ3v) is 4.04. The second-order valence-corrected chi connectivity index (χ2v) is 6.35. The topological polar surface area (TPSA) is 58.4 Å². The molecule has 0 spiro atoms. The first-order valence-electron chi connectivity index (χ1n) is 6.11. The molecular formula is C14H16ClN3OS. The van der Waals surface area contributed by atoms with Crippen LogP contribution in [-0.4, -0.2) is 17.9 Å². The highest BCUT2D eigenvalue weighted by Gasteiger charge is 2.07. The molecule has 0 aliphatic carbocycles. The molecule has 1 aromatic carbocycles. The summed E-state index contributed by atoms with van der Waals surface area (Å²) in [5.74, 6) is 4.86. The van der Waals surface area contributed by atoms with E-state index in [4.69, 9.17) is 17.4 Å². The number of carbonyl (C=O) groups excluding carboxylic acids is 1. The van der Waals surface area contributed by atoms with Crippen LogP contribution in [0.25, 0.3) is 0 Å². The summed E-state index contributed by atoms with van der Waals surface area (Å²) in [4.78, 5) is 14.9. The van der Waals surface area contributed by atoms with Gasteiger partial charge in [-0.05, 0) is 36.9 Å². The second-order valence-electron chi connectivity index (χ2n) is 4.55. The Balaban J connectivity index is 2.00. The molecule has 3 N–H and O–H groups in total. The fourth-order valence-corrected chi connectivity index (χ4v) is 3.13. The van der Waals surface area contributed by atoms with Gasteiger partial charge in [0.15, 0.2) is 0 Å². The van der Waals surface area contributed by atoms with E-state index in [1.165, 1.54) is 4.88 Å². The maximum Gasteiger partial charge on any atom is 0.265 e. The smallest absolute Gasteiger partial charge is 0.265 e. The van der Waals surface area contributed by atoms with Gasteiger partial charge in [0, 0.05) is 23.5 Å². The summed E-state index contributed by atoms with van der Waals surface area (Å²) in [6, 6.07) is 11.4. The van der Waals surface area contributed by atoms with E-state index < -0.39 is 0 Å². The van der Waals surface area contributed by atoms with Crippen molar-refractivity contribution in [2.75, 3.05) is 7.05 Å². The SMILES string of the molecule is CN(Cc1cccc(C(=O)NN)c1)Cc1ccc(Cl)s1. The quantitative estimate of drug-likeness (QED) is 0.507. The van der Waals surface area contributed by atoms with Crippen molar-refractivity contribution in [1.29, 1.82) is 0 Å². The Labute approximate surface area is 127 Å². The fourth-order valence-electron chi connectivity index (χ4n) is 1.96. The van der Waals surface area contributed by atoms with Gasteiger partial charge in [0.05, 0.1) is 4.34 Å². The van der Waals surface area contributed by atoms with Gasteiger partial charge in [-0.15, -0.1) is 11.3 Å².